The van der Waals surface area contributed by atoms with E-state index in [9.17, 15) is 8.78 Å². The van der Waals surface area contributed by atoms with E-state index in [0.717, 1.165) is 0 Å². The number of pyridine rings is 1. The van der Waals surface area contributed by atoms with Gasteiger partial charge in [0, 0.05) is 3.57 Å². The monoisotopic (exact) mass is 324 g/mol. The topological polar surface area (TPSA) is 45.9 Å². The molecule has 0 atom stereocenters. The van der Waals surface area contributed by atoms with Crippen molar-refractivity contribution < 1.29 is 13.5 Å². The van der Waals surface area contributed by atoms with Gasteiger partial charge in [-0.3, -0.25) is 0 Å². The first kappa shape index (κ1) is 12.1. The molecule has 0 unspecified atom stereocenters. The third-order valence-corrected chi connectivity index (χ3v) is 2.59. The summed E-state index contributed by atoms with van der Waals surface area (Å²) in [6, 6.07) is 3.37. The van der Waals surface area contributed by atoms with Crippen molar-refractivity contribution in [2.45, 2.75) is 12.8 Å². The fourth-order valence-corrected chi connectivity index (χ4v) is 1.90. The molecule has 80 valence electrons. The van der Waals surface area contributed by atoms with Crippen LogP contribution in [0.1, 0.15) is 17.7 Å². The average molecular weight is 324 g/mol. The zero-order valence-electron chi connectivity index (χ0n) is 7.80. The maximum Gasteiger partial charge on any atom is 0.270 e. The minimum Gasteiger partial charge on any atom is -0.481 e. The quantitative estimate of drug-likeness (QED) is 0.803. The Balaban J connectivity index is 3.25. The Morgan fingerprint density at radius 3 is 2.80 bits per heavy atom. The van der Waals surface area contributed by atoms with Crippen molar-refractivity contribution in [2.24, 2.45) is 0 Å². The molecule has 0 bridgehead atoms. The molecule has 1 heterocycles. The number of hydrogen-bond acceptors (Lipinski definition) is 3. The predicted octanol–water partition coefficient (Wildman–Crippen LogP) is 2.70. The van der Waals surface area contributed by atoms with Gasteiger partial charge in [0.1, 0.15) is 0 Å². The number of halogens is 3. The van der Waals surface area contributed by atoms with Crippen LogP contribution in [0, 0.1) is 14.9 Å². The minimum absolute atomic E-state index is 0.0792. The SMILES string of the molecule is COc1nc(CC#N)cc(I)c1C(F)F. The van der Waals surface area contributed by atoms with Crippen molar-refractivity contribution in [3.05, 3.63) is 20.9 Å². The van der Waals surface area contributed by atoms with Gasteiger partial charge >= 0.3 is 0 Å². The summed E-state index contributed by atoms with van der Waals surface area (Å²) in [5.74, 6) is -0.109. The molecular weight excluding hydrogens is 317 g/mol. The maximum atomic E-state index is 12.6. The van der Waals surface area contributed by atoms with Crippen molar-refractivity contribution in [1.82, 2.24) is 4.98 Å². The summed E-state index contributed by atoms with van der Waals surface area (Å²) in [6.07, 6.45) is -2.55. The van der Waals surface area contributed by atoms with Gasteiger partial charge in [-0.25, -0.2) is 13.8 Å². The number of methoxy groups -OCH3 is 1. The van der Waals surface area contributed by atoms with E-state index in [1.807, 2.05) is 6.07 Å². The second kappa shape index (κ2) is 5.21. The highest BCUT2D eigenvalue weighted by molar-refractivity contribution is 14.1. The van der Waals surface area contributed by atoms with Crippen LogP contribution in [0.25, 0.3) is 0 Å². The van der Waals surface area contributed by atoms with E-state index in [0.29, 0.717) is 9.26 Å². The first-order chi connectivity index (χ1) is 7.10. The molecule has 0 aromatic carbocycles. The van der Waals surface area contributed by atoms with E-state index >= 15 is 0 Å². The van der Waals surface area contributed by atoms with Gasteiger partial charge in [-0.05, 0) is 28.7 Å². The molecule has 0 saturated carbocycles. The number of ether oxygens (including phenoxy) is 1. The molecule has 0 fully saturated rings. The molecule has 3 nitrogen and oxygen atoms in total. The third-order valence-electron chi connectivity index (χ3n) is 1.70. The number of nitriles is 1. The largest absolute Gasteiger partial charge is 0.481 e. The number of hydrogen-bond donors (Lipinski definition) is 0. The van der Waals surface area contributed by atoms with Gasteiger partial charge in [-0.2, -0.15) is 5.26 Å². The number of nitrogens with zero attached hydrogens (tertiary/aromatic N) is 2. The normalized spacial score (nSPS) is 10.1. The first-order valence-electron chi connectivity index (χ1n) is 3.98. The molecule has 15 heavy (non-hydrogen) atoms. The summed E-state index contributed by atoms with van der Waals surface area (Å²) in [5.41, 5.74) is 0.211. The average Bonchev–Trinajstić information content (AvgIpc) is 2.16. The van der Waals surface area contributed by atoms with Gasteiger partial charge in [-0.1, -0.05) is 0 Å². The summed E-state index contributed by atoms with van der Waals surface area (Å²) < 4.78 is 30.3. The Labute approximate surface area is 99.2 Å². The van der Waals surface area contributed by atoms with Gasteiger partial charge in [0.2, 0.25) is 5.88 Å². The fraction of sp³-hybridized carbons (Fsp3) is 0.333. The zero-order chi connectivity index (χ0) is 11.4. The zero-order valence-corrected chi connectivity index (χ0v) is 9.96. The molecule has 1 aromatic rings. The predicted molar refractivity (Wildman–Crippen MR) is 57.8 cm³/mol. The summed E-state index contributed by atoms with van der Waals surface area (Å²) in [6.45, 7) is 0. The van der Waals surface area contributed by atoms with E-state index < -0.39 is 6.43 Å². The molecule has 1 aromatic heterocycles. The van der Waals surface area contributed by atoms with Crippen molar-refractivity contribution >= 4 is 22.6 Å². The van der Waals surface area contributed by atoms with Crippen molar-refractivity contribution in [1.29, 1.82) is 5.26 Å². The van der Waals surface area contributed by atoms with Crippen molar-refractivity contribution in [2.75, 3.05) is 7.11 Å². The number of rotatable bonds is 3. The number of alkyl halides is 2. The Morgan fingerprint density at radius 2 is 2.33 bits per heavy atom. The molecule has 0 N–H and O–H groups in total. The second-order valence-electron chi connectivity index (χ2n) is 2.65. The van der Waals surface area contributed by atoms with E-state index in [1.165, 1.54) is 13.2 Å². The lowest BCUT2D eigenvalue weighted by Gasteiger charge is -2.09. The third kappa shape index (κ3) is 2.75. The van der Waals surface area contributed by atoms with Crippen molar-refractivity contribution in [3.8, 4) is 11.9 Å². The van der Waals surface area contributed by atoms with Crippen LogP contribution in [0.15, 0.2) is 6.07 Å². The molecule has 0 amide bonds. The summed E-state index contributed by atoms with van der Waals surface area (Å²) in [7, 11) is 1.28. The molecule has 0 aliphatic heterocycles. The molecule has 1 rings (SSSR count). The van der Waals surface area contributed by atoms with Crippen LogP contribution in [-0.4, -0.2) is 12.1 Å². The molecule has 0 radical (unpaired) electrons. The molecule has 0 spiro atoms. The van der Waals surface area contributed by atoms with Crippen LogP contribution < -0.4 is 4.74 Å². The van der Waals surface area contributed by atoms with E-state index in [2.05, 4.69) is 4.98 Å². The minimum atomic E-state index is -2.63. The van der Waals surface area contributed by atoms with Crippen LogP contribution >= 0.6 is 22.6 Å². The Hall–Kier alpha value is -0.970. The van der Waals surface area contributed by atoms with Gasteiger partial charge < -0.3 is 4.74 Å². The van der Waals surface area contributed by atoms with E-state index in [4.69, 9.17) is 10.00 Å². The summed E-state index contributed by atoms with van der Waals surface area (Å²) in [4.78, 5) is 3.83. The van der Waals surface area contributed by atoms with Gasteiger partial charge in [0.15, 0.2) is 0 Å². The molecule has 0 saturated heterocycles. The fourth-order valence-electron chi connectivity index (χ4n) is 1.07. The van der Waals surface area contributed by atoms with Gasteiger partial charge in [-0.15, -0.1) is 0 Å². The smallest absolute Gasteiger partial charge is 0.270 e. The lowest BCUT2D eigenvalue weighted by Crippen LogP contribution is -2.02. The van der Waals surface area contributed by atoms with E-state index in [-0.39, 0.29) is 17.9 Å². The molecule has 0 aliphatic carbocycles. The van der Waals surface area contributed by atoms with E-state index in [1.54, 1.807) is 22.6 Å². The Kier molecular flexibility index (Phi) is 4.20. The highest BCUT2D eigenvalue weighted by Crippen LogP contribution is 2.32. The second-order valence-corrected chi connectivity index (χ2v) is 3.82. The number of aromatic nitrogens is 1. The van der Waals surface area contributed by atoms with Crippen LogP contribution in [0.3, 0.4) is 0 Å². The van der Waals surface area contributed by atoms with Crippen LogP contribution in [0.5, 0.6) is 5.88 Å². The van der Waals surface area contributed by atoms with Gasteiger partial charge in [0.05, 0.1) is 30.9 Å². The standard InChI is InChI=1S/C9H7F2IN2O/c1-15-9-7(8(10)11)6(12)4-5(14-9)2-3-13/h4,8H,2H2,1H3. The van der Waals surface area contributed by atoms with Crippen molar-refractivity contribution in [3.63, 3.8) is 0 Å². The Morgan fingerprint density at radius 1 is 1.67 bits per heavy atom. The summed E-state index contributed by atoms with van der Waals surface area (Å²) >= 11 is 1.78. The van der Waals surface area contributed by atoms with Crippen LogP contribution in [0.2, 0.25) is 0 Å². The maximum absolute atomic E-state index is 12.6. The van der Waals surface area contributed by atoms with Crippen LogP contribution in [0.4, 0.5) is 8.78 Å². The molecule has 6 heteroatoms. The van der Waals surface area contributed by atoms with Crippen LogP contribution in [-0.2, 0) is 6.42 Å². The highest BCUT2D eigenvalue weighted by Gasteiger charge is 2.20. The first-order valence-corrected chi connectivity index (χ1v) is 5.06. The highest BCUT2D eigenvalue weighted by atomic mass is 127. The summed E-state index contributed by atoms with van der Waals surface area (Å²) in [5, 5.41) is 8.47. The Bertz CT molecular complexity index is 404. The lowest BCUT2D eigenvalue weighted by atomic mass is 10.2. The molecular formula is C9H7F2IN2O. The van der Waals surface area contributed by atoms with Gasteiger partial charge in [0.25, 0.3) is 6.43 Å². The molecule has 0 aliphatic rings. The lowest BCUT2D eigenvalue weighted by molar-refractivity contribution is 0.145.